The maximum Gasteiger partial charge on any atom is 0.408 e. The lowest BCUT2D eigenvalue weighted by molar-refractivity contribution is -0.145. The number of hydrogen-bond donors (Lipinski definition) is 2. The van der Waals surface area contributed by atoms with Crippen LogP contribution in [-0.4, -0.2) is 58.5 Å². The van der Waals surface area contributed by atoms with Gasteiger partial charge >= 0.3 is 6.09 Å². The average molecular weight is 508 g/mol. The molecule has 1 rings (SSSR count). The zero-order valence-electron chi connectivity index (χ0n) is 23.2. The predicted octanol–water partition coefficient (Wildman–Crippen LogP) is 5.14. The molecule has 3 atom stereocenters. The number of nitrogens with zero attached hydrogens (tertiary/aromatic N) is 1. The van der Waals surface area contributed by atoms with Crippen molar-refractivity contribution < 1.29 is 19.1 Å². The molecule has 0 aromatic heterocycles. The number of amides is 3. The van der Waals surface area contributed by atoms with Gasteiger partial charge in [0.1, 0.15) is 17.7 Å². The minimum atomic E-state index is -0.821. The molecule has 0 saturated heterocycles. The molecule has 0 bridgehead atoms. The quantitative estimate of drug-likeness (QED) is 0.433. The fourth-order valence-corrected chi connectivity index (χ4v) is 4.41. The Balaban J connectivity index is 3.59. The number of benzene rings is 1. The maximum atomic E-state index is 14.1. The summed E-state index contributed by atoms with van der Waals surface area (Å²) in [5, 5.41) is 5.80. The second-order valence-corrected chi connectivity index (χ2v) is 11.3. The van der Waals surface area contributed by atoms with Crippen LogP contribution < -0.4 is 10.6 Å². The van der Waals surface area contributed by atoms with Crippen molar-refractivity contribution in [2.75, 3.05) is 12.0 Å². The fourth-order valence-electron chi connectivity index (χ4n) is 3.94. The van der Waals surface area contributed by atoms with Crippen molar-refractivity contribution in [3.63, 3.8) is 0 Å². The van der Waals surface area contributed by atoms with E-state index in [1.165, 1.54) is 0 Å². The highest BCUT2D eigenvalue weighted by molar-refractivity contribution is 7.98. The molecular formula is C27H45N3O4S. The van der Waals surface area contributed by atoms with E-state index in [-0.39, 0.29) is 23.9 Å². The van der Waals surface area contributed by atoms with Crippen LogP contribution in [0.4, 0.5) is 4.79 Å². The van der Waals surface area contributed by atoms with E-state index in [4.69, 9.17) is 4.74 Å². The first-order chi connectivity index (χ1) is 16.2. The summed E-state index contributed by atoms with van der Waals surface area (Å²) in [6.07, 6.45) is 2.40. The number of rotatable bonds is 11. The Labute approximate surface area is 216 Å². The monoisotopic (exact) mass is 507 g/mol. The largest absolute Gasteiger partial charge is 0.444 e. The molecule has 198 valence electrons. The third kappa shape index (κ3) is 9.39. The van der Waals surface area contributed by atoms with E-state index in [0.717, 1.165) is 16.7 Å². The summed E-state index contributed by atoms with van der Waals surface area (Å²) in [4.78, 5) is 42.1. The first-order valence-electron chi connectivity index (χ1n) is 12.4. The van der Waals surface area contributed by atoms with Crippen LogP contribution >= 0.6 is 11.8 Å². The van der Waals surface area contributed by atoms with E-state index in [1.807, 2.05) is 66.0 Å². The maximum absolute atomic E-state index is 14.1. The summed E-state index contributed by atoms with van der Waals surface area (Å²) in [5.41, 5.74) is 2.01. The van der Waals surface area contributed by atoms with Gasteiger partial charge < -0.3 is 20.3 Å². The first-order valence-corrected chi connectivity index (χ1v) is 13.8. The summed E-state index contributed by atoms with van der Waals surface area (Å²) in [5.74, 6) is 0.157. The number of hydrogen-bond acceptors (Lipinski definition) is 5. The van der Waals surface area contributed by atoms with Crippen molar-refractivity contribution in [2.24, 2.45) is 0 Å². The number of carbonyl (C=O) groups is 3. The third-order valence-corrected chi connectivity index (χ3v) is 6.34. The molecule has 3 unspecified atom stereocenters. The lowest BCUT2D eigenvalue weighted by Gasteiger charge is -2.39. The van der Waals surface area contributed by atoms with Crippen LogP contribution in [-0.2, 0) is 14.3 Å². The van der Waals surface area contributed by atoms with Crippen molar-refractivity contribution in [3.8, 4) is 0 Å². The van der Waals surface area contributed by atoms with Crippen LogP contribution in [0.3, 0.4) is 0 Å². The lowest BCUT2D eigenvalue weighted by atomic mass is 9.92. The van der Waals surface area contributed by atoms with Gasteiger partial charge in [0.15, 0.2) is 0 Å². The molecule has 3 amide bonds. The predicted molar refractivity (Wildman–Crippen MR) is 145 cm³/mol. The third-order valence-electron chi connectivity index (χ3n) is 5.69. The topological polar surface area (TPSA) is 87.7 Å². The Morgan fingerprint density at radius 2 is 1.63 bits per heavy atom. The van der Waals surface area contributed by atoms with E-state index in [0.29, 0.717) is 18.6 Å². The van der Waals surface area contributed by atoms with Gasteiger partial charge in [0, 0.05) is 12.1 Å². The molecule has 35 heavy (non-hydrogen) atoms. The molecule has 0 saturated carbocycles. The van der Waals surface area contributed by atoms with E-state index >= 15 is 0 Å². The van der Waals surface area contributed by atoms with Crippen molar-refractivity contribution in [3.05, 3.63) is 34.9 Å². The Morgan fingerprint density at radius 3 is 2.09 bits per heavy atom. The number of nitrogens with one attached hydrogen (secondary N) is 2. The molecule has 0 spiro atoms. The van der Waals surface area contributed by atoms with Crippen LogP contribution in [0.2, 0.25) is 0 Å². The molecular weight excluding hydrogens is 462 g/mol. The summed E-state index contributed by atoms with van der Waals surface area (Å²) in [7, 11) is 0. The van der Waals surface area contributed by atoms with Crippen molar-refractivity contribution >= 4 is 29.7 Å². The second-order valence-electron chi connectivity index (χ2n) is 10.4. The van der Waals surface area contributed by atoms with E-state index in [1.54, 1.807) is 37.4 Å². The van der Waals surface area contributed by atoms with Crippen LogP contribution in [0.5, 0.6) is 0 Å². The van der Waals surface area contributed by atoms with Crippen molar-refractivity contribution in [1.82, 2.24) is 15.5 Å². The number of ether oxygens (including phenoxy) is 1. The fraction of sp³-hybridized carbons (Fsp3) is 0.667. The van der Waals surface area contributed by atoms with E-state index < -0.39 is 23.8 Å². The highest BCUT2D eigenvalue weighted by Crippen LogP contribution is 2.31. The molecule has 0 radical (unpaired) electrons. The molecule has 7 nitrogen and oxygen atoms in total. The zero-order valence-corrected chi connectivity index (χ0v) is 24.0. The lowest BCUT2D eigenvalue weighted by Crippen LogP contribution is -2.56. The van der Waals surface area contributed by atoms with Gasteiger partial charge in [0.2, 0.25) is 11.8 Å². The van der Waals surface area contributed by atoms with E-state index in [9.17, 15) is 14.4 Å². The highest BCUT2D eigenvalue weighted by Gasteiger charge is 2.39. The molecule has 1 aromatic rings. The van der Waals surface area contributed by atoms with E-state index in [2.05, 4.69) is 10.6 Å². The Bertz CT molecular complexity index is 846. The number of alkyl carbamates (subject to hydrolysis) is 1. The summed E-state index contributed by atoms with van der Waals surface area (Å²) >= 11 is 1.60. The highest BCUT2D eigenvalue weighted by atomic mass is 32.2. The summed E-state index contributed by atoms with van der Waals surface area (Å²) in [6.45, 7) is 17.0. The van der Waals surface area contributed by atoms with Crippen LogP contribution in [0, 0.1) is 13.8 Å². The second kappa shape index (κ2) is 13.8. The van der Waals surface area contributed by atoms with Gasteiger partial charge in [0.05, 0.1) is 0 Å². The summed E-state index contributed by atoms with van der Waals surface area (Å²) in [6, 6.07) is 3.91. The normalized spacial score (nSPS) is 14.1. The zero-order chi connectivity index (χ0) is 26.9. The summed E-state index contributed by atoms with van der Waals surface area (Å²) < 4.78 is 5.44. The molecule has 0 aliphatic carbocycles. The van der Waals surface area contributed by atoms with Crippen molar-refractivity contribution in [1.29, 1.82) is 0 Å². The Hall–Kier alpha value is -2.22. The minimum Gasteiger partial charge on any atom is -0.444 e. The molecule has 0 fully saturated rings. The molecule has 2 N–H and O–H groups in total. The van der Waals surface area contributed by atoms with Crippen LogP contribution in [0.25, 0.3) is 0 Å². The number of carbonyl (C=O) groups excluding carboxylic acids is 3. The average Bonchev–Trinajstić information content (AvgIpc) is 2.73. The first kappa shape index (κ1) is 30.8. The van der Waals surface area contributed by atoms with Gasteiger partial charge in [-0.05, 0) is 96.9 Å². The van der Waals surface area contributed by atoms with Crippen molar-refractivity contribution in [2.45, 2.75) is 105 Å². The van der Waals surface area contributed by atoms with Gasteiger partial charge in [-0.25, -0.2) is 4.79 Å². The standard InChI is InChI=1S/C27H45N3O4S/c1-11-20(6)30(25(32)21(15-16-35-10)29-26(33)34-27(7,8)9)23(24(31)28-17(2)3)22-18(4)13-12-14-19(22)5/h12-14,17,20-21,23H,11,15-16H2,1-10H3,(H,28,31)(H,29,33). The smallest absolute Gasteiger partial charge is 0.408 e. The van der Waals surface area contributed by atoms with Gasteiger partial charge in [-0.3, -0.25) is 9.59 Å². The molecule has 1 aromatic carbocycles. The van der Waals surface area contributed by atoms with Gasteiger partial charge in [-0.1, -0.05) is 25.1 Å². The molecule has 0 aliphatic heterocycles. The molecule has 0 heterocycles. The van der Waals surface area contributed by atoms with Gasteiger partial charge in [-0.15, -0.1) is 0 Å². The van der Waals surface area contributed by atoms with Crippen LogP contribution in [0.1, 0.15) is 84.0 Å². The van der Waals surface area contributed by atoms with Gasteiger partial charge in [-0.2, -0.15) is 11.8 Å². The molecule has 0 aliphatic rings. The number of aryl methyl sites for hydroxylation is 2. The molecule has 8 heteroatoms. The Kier molecular flexibility index (Phi) is 12.1. The number of thioether (sulfide) groups is 1. The van der Waals surface area contributed by atoms with Crippen LogP contribution in [0.15, 0.2) is 18.2 Å². The Morgan fingerprint density at radius 1 is 1.06 bits per heavy atom. The minimum absolute atomic E-state index is 0.0876. The SMILES string of the molecule is CCC(C)N(C(=O)C(CCSC)NC(=O)OC(C)(C)C)C(C(=O)NC(C)C)c1c(C)cccc1C. The van der Waals surface area contributed by atoms with Gasteiger partial charge in [0.25, 0.3) is 0 Å².